The summed E-state index contributed by atoms with van der Waals surface area (Å²) >= 11 is 0. The summed E-state index contributed by atoms with van der Waals surface area (Å²) in [6.45, 7) is 0. The Morgan fingerprint density at radius 2 is 1.81 bits per heavy atom. The van der Waals surface area contributed by atoms with Crippen molar-refractivity contribution in [3.63, 3.8) is 0 Å². The lowest BCUT2D eigenvalue weighted by atomic mass is 9.62. The van der Waals surface area contributed by atoms with Gasteiger partial charge in [-0.15, -0.1) is 0 Å². The van der Waals surface area contributed by atoms with E-state index in [2.05, 4.69) is 48.6 Å². The number of fused-ring (bicyclic) bond motifs is 6. The molecule has 2 aromatic rings. The van der Waals surface area contributed by atoms with Crippen molar-refractivity contribution in [3.8, 4) is 0 Å². The van der Waals surface area contributed by atoms with Crippen molar-refractivity contribution >= 4 is 16.6 Å². The fourth-order valence-corrected chi connectivity index (χ4v) is 5.02. The molecule has 0 aromatic heterocycles. The van der Waals surface area contributed by atoms with Crippen LogP contribution in [-0.2, 0) is 16.6 Å². The lowest BCUT2D eigenvalue weighted by Crippen LogP contribution is -2.43. The van der Waals surface area contributed by atoms with Crippen LogP contribution in [0.2, 0.25) is 0 Å². The van der Waals surface area contributed by atoms with E-state index in [4.69, 9.17) is 0 Å². The Morgan fingerprint density at radius 1 is 1.00 bits per heavy atom. The Morgan fingerprint density at radius 3 is 2.52 bits per heavy atom. The third-order valence-electron chi connectivity index (χ3n) is 5.96. The van der Waals surface area contributed by atoms with Gasteiger partial charge in [0.25, 0.3) is 0 Å². The van der Waals surface area contributed by atoms with Crippen LogP contribution in [0.1, 0.15) is 30.4 Å². The number of rotatable bonds is 0. The first-order valence-electron chi connectivity index (χ1n) is 8.01. The van der Waals surface area contributed by atoms with Crippen molar-refractivity contribution < 1.29 is 4.79 Å². The molecule has 3 unspecified atom stereocenters. The predicted molar refractivity (Wildman–Crippen MR) is 84.3 cm³/mol. The van der Waals surface area contributed by atoms with Crippen molar-refractivity contribution in [3.05, 3.63) is 59.7 Å². The molecule has 0 saturated heterocycles. The average Bonchev–Trinajstić information content (AvgIpc) is 3.12. The molecule has 0 radical (unpaired) electrons. The first-order valence-corrected chi connectivity index (χ1v) is 8.01. The maximum atomic E-state index is 12.9. The Hall–Kier alpha value is -1.89. The maximum Gasteiger partial charge on any atom is 0.144 e. The van der Waals surface area contributed by atoms with E-state index in [-0.39, 0.29) is 5.41 Å². The molecule has 2 aromatic carbocycles. The highest BCUT2D eigenvalue weighted by molar-refractivity contribution is 5.96. The maximum absolute atomic E-state index is 12.9. The lowest BCUT2D eigenvalue weighted by molar-refractivity contribution is -0.126. The molecule has 1 fully saturated rings. The Bertz CT molecular complexity index is 801. The molecular formula is C20H18O. The van der Waals surface area contributed by atoms with Gasteiger partial charge in [-0.3, -0.25) is 4.79 Å². The smallest absolute Gasteiger partial charge is 0.144 e. The van der Waals surface area contributed by atoms with Crippen LogP contribution in [0.15, 0.2) is 48.6 Å². The van der Waals surface area contributed by atoms with Crippen LogP contribution < -0.4 is 0 Å². The number of hydrogen-bond acceptors (Lipinski definition) is 1. The summed E-state index contributed by atoms with van der Waals surface area (Å²) in [7, 11) is 0. The standard InChI is InChI=1S/C20H18O/c21-19-8-6-16-10-14-3-1-2-4-15(14)11-18(16)20(19)12-13-5-7-17(20)9-13/h1-5,7,10-11,13,17H,6,8-9,12H2. The molecule has 0 heterocycles. The minimum Gasteiger partial charge on any atom is -0.299 e. The minimum absolute atomic E-state index is 0.197. The number of carbonyl (C=O) groups is 1. The largest absolute Gasteiger partial charge is 0.299 e. The molecule has 1 heteroatoms. The van der Waals surface area contributed by atoms with Crippen molar-refractivity contribution in [1.29, 1.82) is 0 Å². The molecule has 0 amide bonds. The summed E-state index contributed by atoms with van der Waals surface area (Å²) in [6, 6.07) is 13.2. The molecular weight excluding hydrogens is 256 g/mol. The second kappa shape index (κ2) is 3.85. The van der Waals surface area contributed by atoms with Gasteiger partial charge in [-0.25, -0.2) is 0 Å². The van der Waals surface area contributed by atoms with Crippen molar-refractivity contribution in [2.45, 2.75) is 31.1 Å². The topological polar surface area (TPSA) is 17.1 Å². The van der Waals surface area contributed by atoms with Gasteiger partial charge in [-0.1, -0.05) is 42.5 Å². The Kier molecular flexibility index (Phi) is 2.15. The molecule has 1 spiro atoms. The van der Waals surface area contributed by atoms with E-state index in [1.807, 2.05) is 0 Å². The van der Waals surface area contributed by atoms with Crippen molar-refractivity contribution in [1.82, 2.24) is 0 Å². The van der Waals surface area contributed by atoms with Crippen LogP contribution in [-0.4, -0.2) is 5.78 Å². The molecule has 5 rings (SSSR count). The zero-order valence-electron chi connectivity index (χ0n) is 12.0. The van der Waals surface area contributed by atoms with E-state index in [0.29, 0.717) is 17.6 Å². The van der Waals surface area contributed by atoms with E-state index < -0.39 is 0 Å². The number of Topliss-reactive ketones (excluding diaryl/α,β-unsaturated/α-hetero) is 1. The van der Waals surface area contributed by atoms with Gasteiger partial charge < -0.3 is 0 Å². The highest BCUT2D eigenvalue weighted by atomic mass is 16.1. The zero-order valence-corrected chi connectivity index (χ0v) is 12.0. The monoisotopic (exact) mass is 274 g/mol. The summed E-state index contributed by atoms with van der Waals surface area (Å²) in [6.07, 6.45) is 8.51. The molecule has 1 nitrogen and oxygen atoms in total. The van der Waals surface area contributed by atoms with Gasteiger partial charge in [0, 0.05) is 6.42 Å². The molecule has 1 saturated carbocycles. The normalized spacial score (nSPS) is 33.0. The van der Waals surface area contributed by atoms with E-state index in [0.717, 1.165) is 19.3 Å². The highest BCUT2D eigenvalue weighted by Gasteiger charge is 2.55. The number of benzene rings is 2. The van der Waals surface area contributed by atoms with E-state index in [1.54, 1.807) is 0 Å². The van der Waals surface area contributed by atoms with E-state index in [9.17, 15) is 4.79 Å². The second-order valence-corrected chi connectivity index (χ2v) is 6.94. The number of allylic oxidation sites excluding steroid dienone is 2. The van der Waals surface area contributed by atoms with Gasteiger partial charge >= 0.3 is 0 Å². The van der Waals surface area contributed by atoms with Gasteiger partial charge in [-0.05, 0) is 59.1 Å². The number of hydrogen-bond donors (Lipinski definition) is 0. The summed E-state index contributed by atoms with van der Waals surface area (Å²) in [5.74, 6) is 1.55. The molecule has 21 heavy (non-hydrogen) atoms. The van der Waals surface area contributed by atoms with E-state index in [1.165, 1.54) is 28.3 Å². The second-order valence-electron chi connectivity index (χ2n) is 6.94. The fourth-order valence-electron chi connectivity index (χ4n) is 5.02. The van der Waals surface area contributed by atoms with Crippen LogP contribution in [0.25, 0.3) is 10.8 Å². The van der Waals surface area contributed by atoms with Crippen LogP contribution in [0.3, 0.4) is 0 Å². The quantitative estimate of drug-likeness (QED) is 0.658. The van der Waals surface area contributed by atoms with Gasteiger partial charge in [0.2, 0.25) is 0 Å². The van der Waals surface area contributed by atoms with Gasteiger partial charge in [0.1, 0.15) is 5.78 Å². The SMILES string of the molecule is O=C1CCc2cc3ccccc3cc2C12CC1C=CC2C1. The summed E-state index contributed by atoms with van der Waals surface area (Å²) in [4.78, 5) is 12.9. The van der Waals surface area contributed by atoms with E-state index >= 15 is 0 Å². The Labute approximate surface area is 124 Å². The first-order chi connectivity index (χ1) is 10.3. The number of carbonyl (C=O) groups excluding carboxylic acids is 1. The third-order valence-corrected chi connectivity index (χ3v) is 5.96. The van der Waals surface area contributed by atoms with Crippen molar-refractivity contribution in [2.24, 2.45) is 11.8 Å². The molecule has 3 aliphatic rings. The molecule has 3 atom stereocenters. The molecule has 104 valence electrons. The summed E-state index contributed by atoms with van der Waals surface area (Å²) in [5.41, 5.74) is 2.56. The predicted octanol–water partition coefficient (Wildman–Crippen LogP) is 4.19. The first kappa shape index (κ1) is 11.7. The van der Waals surface area contributed by atoms with Crippen LogP contribution in [0.4, 0.5) is 0 Å². The fraction of sp³-hybridized carbons (Fsp3) is 0.350. The molecule has 2 bridgehead atoms. The zero-order chi connectivity index (χ0) is 14.0. The third kappa shape index (κ3) is 1.39. The summed E-state index contributed by atoms with van der Waals surface area (Å²) < 4.78 is 0. The van der Waals surface area contributed by atoms with Crippen LogP contribution >= 0.6 is 0 Å². The lowest BCUT2D eigenvalue weighted by Gasteiger charge is -2.39. The number of aryl methyl sites for hydroxylation is 1. The van der Waals surface area contributed by atoms with Crippen LogP contribution in [0, 0.1) is 11.8 Å². The van der Waals surface area contributed by atoms with Crippen molar-refractivity contribution in [2.75, 3.05) is 0 Å². The number of ketones is 1. The van der Waals surface area contributed by atoms with Gasteiger partial charge in [0.05, 0.1) is 5.41 Å². The van der Waals surface area contributed by atoms with Gasteiger partial charge in [0.15, 0.2) is 0 Å². The minimum atomic E-state index is -0.197. The molecule has 0 N–H and O–H groups in total. The Balaban J connectivity index is 1.81. The average molecular weight is 274 g/mol. The summed E-state index contributed by atoms with van der Waals surface area (Å²) in [5, 5.41) is 2.58. The van der Waals surface area contributed by atoms with Crippen LogP contribution in [0.5, 0.6) is 0 Å². The molecule has 3 aliphatic carbocycles. The highest BCUT2D eigenvalue weighted by Crippen LogP contribution is 2.57. The van der Waals surface area contributed by atoms with Gasteiger partial charge in [-0.2, -0.15) is 0 Å². The molecule has 0 aliphatic heterocycles.